The first kappa shape index (κ1) is 52.5. The molecular weight excluding hydrogens is 942 g/mol. The lowest BCUT2D eigenvalue weighted by atomic mass is 9.93. The Morgan fingerprint density at radius 2 is 1.48 bits per heavy atom. The minimum absolute atomic E-state index is 0.0719. The van der Waals surface area contributed by atoms with E-state index in [1.165, 1.54) is 16.9 Å². The molecule has 4 aromatic carbocycles. The van der Waals surface area contributed by atoms with Gasteiger partial charge in [-0.05, 0) is 111 Å². The van der Waals surface area contributed by atoms with E-state index in [-0.39, 0.29) is 56.8 Å². The molecule has 3 heterocycles. The number of amides is 5. The van der Waals surface area contributed by atoms with Gasteiger partial charge in [-0.2, -0.15) is 0 Å². The maximum absolute atomic E-state index is 15.1. The lowest BCUT2D eigenvalue weighted by molar-refractivity contribution is -0.147. The van der Waals surface area contributed by atoms with Gasteiger partial charge < -0.3 is 40.1 Å². The number of halogens is 2. The lowest BCUT2D eigenvalue weighted by Gasteiger charge is -2.35. The number of hydrogen-bond acceptors (Lipinski definition) is 9. The minimum Gasteiger partial charge on any atom is -0.457 e. The second-order valence-corrected chi connectivity index (χ2v) is 19.5. The van der Waals surface area contributed by atoms with Crippen LogP contribution in [-0.4, -0.2) is 114 Å². The number of nitrogens with zero attached hydrogens (tertiary/aromatic N) is 4. The van der Waals surface area contributed by atoms with E-state index in [4.69, 9.17) is 32.7 Å². The molecule has 2 aliphatic rings. The van der Waals surface area contributed by atoms with Crippen LogP contribution in [0.4, 0.5) is 0 Å². The average Bonchev–Trinajstić information content (AvgIpc) is 3.93. The first-order valence-corrected chi connectivity index (χ1v) is 24.8. The number of methoxy groups -OCH3 is 1. The third-order valence-corrected chi connectivity index (χ3v) is 14.0. The molecule has 374 valence electrons. The first-order chi connectivity index (χ1) is 34.2. The van der Waals surface area contributed by atoms with Crippen LogP contribution in [-0.2, 0) is 48.1 Å². The molecule has 5 aromatic rings. The fraction of sp³-hybridized carbons (Fsp3) is 0.382. The Hall–Kier alpha value is -6.32. The molecule has 5 amide bonds. The zero-order valence-electron chi connectivity index (χ0n) is 40.9. The second kappa shape index (κ2) is 24.7. The maximum Gasteiger partial charge on any atom is 0.247 e. The molecular formula is C55H63Cl2N7O7. The van der Waals surface area contributed by atoms with Gasteiger partial charge in [-0.25, -0.2) is 0 Å². The molecule has 3 N–H and O–H groups in total. The van der Waals surface area contributed by atoms with Crippen LogP contribution in [0.3, 0.4) is 0 Å². The number of carbonyl (C=O) groups excluding carboxylic acids is 5. The predicted octanol–water partition coefficient (Wildman–Crippen LogP) is 7.81. The smallest absolute Gasteiger partial charge is 0.247 e. The fourth-order valence-electron chi connectivity index (χ4n) is 9.10. The van der Waals surface area contributed by atoms with Crippen molar-refractivity contribution >= 4 is 52.7 Å². The molecule has 1 unspecified atom stereocenters. The number of ether oxygens (including phenoxy) is 2. The topological polar surface area (TPSA) is 163 Å². The van der Waals surface area contributed by atoms with Crippen LogP contribution in [0.2, 0.25) is 10.0 Å². The van der Waals surface area contributed by atoms with Crippen molar-refractivity contribution in [1.82, 2.24) is 35.6 Å². The normalized spacial score (nSPS) is 22.2. The molecule has 6 atom stereocenters. The standard InChI is InChI=1S/C55H63Cl2N7O7/c1-35-30-60-51(65)29-46(25-38-13-18-44(56)19-14-38)63(4)55(69)49(34-70-5)61-53(67)36(2)64(52(66)27-41(54(68)62(35)3)24-37-10-7-6-8-11-37)33-40-15-20-45(57)28-50(40)71-47-21-16-39(17-22-47)42-26-43(32-58-31-42)48-12-9-23-59-48/h6-8,10-11,13-22,26,28,31-32,35-36,41,46,48-49,59H,9,12,23-25,27,29-30,33-34H2,1-5H3,(H,60,65)(H,61,67)/t35-,36-,41+,46-,48?,49-/m0/s1. The third kappa shape index (κ3) is 14.0. The summed E-state index contributed by atoms with van der Waals surface area (Å²) in [6.07, 6.45) is 6.13. The Bertz CT molecular complexity index is 2630. The summed E-state index contributed by atoms with van der Waals surface area (Å²) in [4.78, 5) is 81.3. The lowest BCUT2D eigenvalue weighted by Crippen LogP contribution is -2.57. The minimum atomic E-state index is -1.19. The highest BCUT2D eigenvalue weighted by Crippen LogP contribution is 2.33. The molecule has 0 bridgehead atoms. The number of likely N-dealkylation sites (N-methyl/N-ethyl adjacent to an activating group) is 2. The van der Waals surface area contributed by atoms with Crippen LogP contribution in [0.15, 0.2) is 116 Å². The van der Waals surface area contributed by atoms with Crippen molar-refractivity contribution in [3.05, 3.63) is 148 Å². The van der Waals surface area contributed by atoms with Gasteiger partial charge >= 0.3 is 0 Å². The van der Waals surface area contributed by atoms with E-state index in [1.54, 1.807) is 56.3 Å². The van der Waals surface area contributed by atoms with Gasteiger partial charge in [0.2, 0.25) is 29.5 Å². The summed E-state index contributed by atoms with van der Waals surface area (Å²) >= 11 is 12.8. The molecule has 2 aliphatic heterocycles. The van der Waals surface area contributed by atoms with Crippen molar-refractivity contribution in [3.63, 3.8) is 0 Å². The Labute approximate surface area is 426 Å². The van der Waals surface area contributed by atoms with E-state index >= 15 is 4.79 Å². The van der Waals surface area contributed by atoms with Crippen molar-refractivity contribution in [3.8, 4) is 22.6 Å². The van der Waals surface area contributed by atoms with Gasteiger partial charge in [-0.1, -0.05) is 83.9 Å². The van der Waals surface area contributed by atoms with Gasteiger partial charge in [0.15, 0.2) is 0 Å². The highest BCUT2D eigenvalue weighted by Gasteiger charge is 2.36. The van der Waals surface area contributed by atoms with E-state index in [9.17, 15) is 19.2 Å². The number of pyridine rings is 1. The van der Waals surface area contributed by atoms with E-state index < -0.39 is 47.8 Å². The second-order valence-electron chi connectivity index (χ2n) is 18.6. The summed E-state index contributed by atoms with van der Waals surface area (Å²) in [5.74, 6) is -2.23. The van der Waals surface area contributed by atoms with Gasteiger partial charge in [-0.15, -0.1) is 0 Å². The molecule has 7 rings (SSSR count). The van der Waals surface area contributed by atoms with Crippen molar-refractivity contribution in [2.24, 2.45) is 5.92 Å². The average molecular weight is 1010 g/mol. The van der Waals surface area contributed by atoms with Gasteiger partial charge in [0, 0.05) is 92.3 Å². The van der Waals surface area contributed by atoms with Crippen molar-refractivity contribution in [1.29, 1.82) is 0 Å². The predicted molar refractivity (Wildman–Crippen MR) is 275 cm³/mol. The number of rotatable bonds is 12. The molecule has 0 spiro atoms. The third-order valence-electron chi connectivity index (χ3n) is 13.5. The Balaban J connectivity index is 1.21. The summed E-state index contributed by atoms with van der Waals surface area (Å²) in [5.41, 5.74) is 5.30. The number of aromatic nitrogens is 1. The SMILES string of the molecule is COC[C@@H]1NC(=O)[C@H](C)N(Cc2ccc(Cl)cc2Oc2ccc(-c3cncc(C4CCCN4)c3)cc2)C(=O)C[C@@H](Cc2ccccc2)C(=O)N(C)[C@@H](C)CNC(=O)C[C@H](Cc2ccc(Cl)cc2)N(C)C1=O. The molecule has 0 radical (unpaired) electrons. The van der Waals surface area contributed by atoms with Crippen LogP contribution in [0.5, 0.6) is 11.5 Å². The van der Waals surface area contributed by atoms with Crippen molar-refractivity contribution in [2.75, 3.05) is 40.9 Å². The Kier molecular flexibility index (Phi) is 18.3. The van der Waals surface area contributed by atoms with Gasteiger partial charge in [-0.3, -0.25) is 29.0 Å². The van der Waals surface area contributed by atoms with E-state index in [2.05, 4.69) is 27.0 Å². The molecule has 2 fully saturated rings. The number of benzene rings is 4. The Morgan fingerprint density at radius 3 is 2.18 bits per heavy atom. The molecule has 71 heavy (non-hydrogen) atoms. The summed E-state index contributed by atoms with van der Waals surface area (Å²) in [5, 5.41) is 10.3. The monoisotopic (exact) mass is 1000 g/mol. The maximum atomic E-state index is 15.1. The molecule has 16 heteroatoms. The molecule has 14 nitrogen and oxygen atoms in total. The number of carbonyl (C=O) groups is 5. The molecule has 0 aliphatic carbocycles. The number of nitrogens with one attached hydrogen (secondary N) is 3. The van der Waals surface area contributed by atoms with Gasteiger partial charge in [0.25, 0.3) is 0 Å². The summed E-state index contributed by atoms with van der Waals surface area (Å²) in [6, 6.07) is 28.2. The van der Waals surface area contributed by atoms with Gasteiger partial charge in [0.1, 0.15) is 23.6 Å². The zero-order valence-corrected chi connectivity index (χ0v) is 42.4. The highest BCUT2D eigenvalue weighted by atomic mass is 35.5. The molecule has 0 saturated carbocycles. The first-order valence-electron chi connectivity index (χ1n) is 24.1. The fourth-order valence-corrected chi connectivity index (χ4v) is 9.39. The van der Waals surface area contributed by atoms with Crippen LogP contribution in [0.1, 0.15) is 67.8 Å². The van der Waals surface area contributed by atoms with Crippen LogP contribution in [0, 0.1) is 5.92 Å². The van der Waals surface area contributed by atoms with Crippen LogP contribution in [0.25, 0.3) is 11.1 Å². The van der Waals surface area contributed by atoms with Crippen molar-refractivity contribution in [2.45, 2.75) is 89.1 Å². The van der Waals surface area contributed by atoms with E-state index in [0.29, 0.717) is 33.5 Å². The zero-order chi connectivity index (χ0) is 50.6. The number of hydrogen-bond donors (Lipinski definition) is 3. The van der Waals surface area contributed by atoms with E-state index in [0.717, 1.165) is 47.2 Å². The summed E-state index contributed by atoms with van der Waals surface area (Å²) in [6.45, 7) is 4.20. The van der Waals surface area contributed by atoms with E-state index in [1.807, 2.05) is 86.0 Å². The molecule has 2 saturated heterocycles. The summed E-state index contributed by atoms with van der Waals surface area (Å²) < 4.78 is 12.0. The van der Waals surface area contributed by atoms with Gasteiger partial charge in [0.05, 0.1) is 19.1 Å². The van der Waals surface area contributed by atoms with Crippen LogP contribution >= 0.6 is 23.2 Å². The Morgan fingerprint density at radius 1 is 0.761 bits per heavy atom. The largest absolute Gasteiger partial charge is 0.457 e. The van der Waals surface area contributed by atoms with Crippen LogP contribution < -0.4 is 20.7 Å². The molecule has 1 aromatic heterocycles. The highest BCUT2D eigenvalue weighted by molar-refractivity contribution is 6.31. The quantitative estimate of drug-likeness (QED) is 0.113. The summed E-state index contributed by atoms with van der Waals surface area (Å²) in [7, 11) is 4.67. The van der Waals surface area contributed by atoms with Crippen molar-refractivity contribution < 1.29 is 33.4 Å².